The van der Waals surface area contributed by atoms with Gasteiger partial charge in [0.25, 0.3) is 0 Å². The number of aromatic hydroxyl groups is 1. The molecule has 0 unspecified atom stereocenters. The topological polar surface area (TPSA) is 84.9 Å². The van der Waals surface area contributed by atoms with Crippen LogP contribution >= 0.6 is 0 Å². The van der Waals surface area contributed by atoms with Gasteiger partial charge < -0.3 is 19.9 Å². The molecule has 0 saturated carbocycles. The van der Waals surface area contributed by atoms with Gasteiger partial charge in [0.1, 0.15) is 17.4 Å². The highest BCUT2D eigenvalue weighted by atomic mass is 16.6. The molecule has 0 aromatic heterocycles. The van der Waals surface area contributed by atoms with Gasteiger partial charge in [0.05, 0.1) is 7.11 Å². The molecule has 0 fully saturated rings. The zero-order valence-corrected chi connectivity index (χ0v) is 15.3. The molecule has 25 heavy (non-hydrogen) atoms. The Morgan fingerprint density at radius 2 is 1.84 bits per heavy atom. The fourth-order valence-corrected chi connectivity index (χ4v) is 3.12. The smallest absolute Gasteiger partial charge is 0.408 e. The van der Waals surface area contributed by atoms with Crippen molar-refractivity contribution in [2.45, 2.75) is 64.5 Å². The lowest BCUT2D eigenvalue weighted by molar-refractivity contribution is -0.143. The first-order valence-corrected chi connectivity index (χ1v) is 8.61. The maximum Gasteiger partial charge on any atom is 0.408 e. The van der Waals surface area contributed by atoms with Crippen LogP contribution in [0.2, 0.25) is 0 Å². The molecule has 0 saturated heterocycles. The number of phenols is 1. The number of hydrogen-bond acceptors (Lipinski definition) is 5. The molecule has 0 aliphatic heterocycles. The van der Waals surface area contributed by atoms with E-state index in [0.717, 1.165) is 42.4 Å². The van der Waals surface area contributed by atoms with Crippen molar-refractivity contribution in [2.24, 2.45) is 0 Å². The van der Waals surface area contributed by atoms with Crippen LogP contribution in [0, 0.1) is 0 Å². The minimum Gasteiger partial charge on any atom is -0.508 e. The molecule has 138 valence electrons. The Bertz CT molecular complexity index is 648. The minimum atomic E-state index is -0.838. The van der Waals surface area contributed by atoms with Crippen molar-refractivity contribution in [3.63, 3.8) is 0 Å². The number of fused-ring (bicyclic) bond motifs is 1. The number of ether oxygens (including phenoxy) is 2. The molecular weight excluding hydrogens is 322 g/mol. The average molecular weight is 349 g/mol. The molecule has 2 N–H and O–H groups in total. The maximum absolute atomic E-state index is 12.1. The monoisotopic (exact) mass is 349 g/mol. The summed E-state index contributed by atoms with van der Waals surface area (Å²) in [6, 6.07) is 2.63. The van der Waals surface area contributed by atoms with E-state index < -0.39 is 23.7 Å². The number of amides is 1. The molecule has 1 amide bonds. The fourth-order valence-electron chi connectivity index (χ4n) is 3.12. The van der Waals surface area contributed by atoms with Crippen molar-refractivity contribution in [3.05, 3.63) is 28.8 Å². The maximum atomic E-state index is 12.1. The Morgan fingerprint density at radius 1 is 1.20 bits per heavy atom. The van der Waals surface area contributed by atoms with Gasteiger partial charge in [0.15, 0.2) is 0 Å². The van der Waals surface area contributed by atoms with Crippen LogP contribution in [0.4, 0.5) is 4.79 Å². The van der Waals surface area contributed by atoms with Crippen molar-refractivity contribution in [1.82, 2.24) is 5.32 Å². The van der Waals surface area contributed by atoms with Gasteiger partial charge in [-0.25, -0.2) is 9.59 Å². The summed E-state index contributed by atoms with van der Waals surface area (Å²) in [5, 5.41) is 12.7. The number of alkyl carbamates (subject to hydrolysis) is 1. The third-order valence-corrected chi connectivity index (χ3v) is 4.21. The second-order valence-electron chi connectivity index (χ2n) is 7.33. The summed E-state index contributed by atoms with van der Waals surface area (Å²) < 4.78 is 10.1. The van der Waals surface area contributed by atoms with Crippen molar-refractivity contribution in [1.29, 1.82) is 0 Å². The number of methoxy groups -OCH3 is 1. The van der Waals surface area contributed by atoms with E-state index in [0.29, 0.717) is 12.2 Å². The lowest BCUT2D eigenvalue weighted by Crippen LogP contribution is -2.45. The van der Waals surface area contributed by atoms with Gasteiger partial charge in [-0.15, -0.1) is 0 Å². The highest BCUT2D eigenvalue weighted by Crippen LogP contribution is 2.32. The van der Waals surface area contributed by atoms with E-state index in [1.165, 1.54) is 7.11 Å². The van der Waals surface area contributed by atoms with Crippen LogP contribution in [0.25, 0.3) is 0 Å². The predicted molar refractivity (Wildman–Crippen MR) is 93.6 cm³/mol. The Morgan fingerprint density at radius 3 is 2.44 bits per heavy atom. The van der Waals surface area contributed by atoms with Crippen LogP contribution in [-0.2, 0) is 33.5 Å². The minimum absolute atomic E-state index is 0.299. The molecule has 6 nitrogen and oxygen atoms in total. The molecule has 0 bridgehead atoms. The lowest BCUT2D eigenvalue weighted by Gasteiger charge is -2.25. The summed E-state index contributed by atoms with van der Waals surface area (Å²) in [5.74, 6) is -0.225. The summed E-state index contributed by atoms with van der Waals surface area (Å²) in [7, 11) is 1.29. The number of carbonyl (C=O) groups is 2. The van der Waals surface area contributed by atoms with Crippen LogP contribution in [0.5, 0.6) is 5.75 Å². The number of rotatable bonds is 4. The third kappa shape index (κ3) is 5.11. The van der Waals surface area contributed by atoms with Crippen LogP contribution in [0.1, 0.15) is 50.3 Å². The summed E-state index contributed by atoms with van der Waals surface area (Å²) in [6.07, 6.45) is 3.42. The number of esters is 1. The van der Waals surface area contributed by atoms with Crippen molar-refractivity contribution < 1.29 is 24.2 Å². The van der Waals surface area contributed by atoms with E-state index in [9.17, 15) is 14.7 Å². The average Bonchev–Trinajstić information content (AvgIpc) is 2.54. The van der Waals surface area contributed by atoms with Crippen LogP contribution in [0.15, 0.2) is 12.1 Å². The van der Waals surface area contributed by atoms with Gasteiger partial charge in [-0.1, -0.05) is 6.07 Å². The summed E-state index contributed by atoms with van der Waals surface area (Å²) in [5.41, 5.74) is 2.32. The Labute approximate surface area is 148 Å². The molecular formula is C19H27NO5. The summed E-state index contributed by atoms with van der Waals surface area (Å²) in [4.78, 5) is 24.2. The van der Waals surface area contributed by atoms with E-state index in [1.54, 1.807) is 26.8 Å². The number of carbonyl (C=O) groups excluding carboxylic acids is 2. The molecule has 0 spiro atoms. The van der Waals surface area contributed by atoms with E-state index >= 15 is 0 Å². The Balaban J connectivity index is 2.20. The first-order valence-electron chi connectivity index (χ1n) is 8.61. The van der Waals surface area contributed by atoms with Gasteiger partial charge in [0, 0.05) is 6.42 Å². The van der Waals surface area contributed by atoms with Gasteiger partial charge in [-0.2, -0.15) is 0 Å². The molecule has 0 radical (unpaired) electrons. The molecule has 1 aromatic carbocycles. The molecule has 0 heterocycles. The number of hydrogen-bond donors (Lipinski definition) is 2. The highest BCUT2D eigenvalue weighted by Gasteiger charge is 2.27. The third-order valence-electron chi connectivity index (χ3n) is 4.21. The predicted octanol–water partition coefficient (Wildman–Crippen LogP) is 2.88. The highest BCUT2D eigenvalue weighted by molar-refractivity contribution is 5.81. The summed E-state index contributed by atoms with van der Waals surface area (Å²) >= 11 is 0. The van der Waals surface area contributed by atoms with Crippen molar-refractivity contribution in [2.75, 3.05) is 7.11 Å². The molecule has 2 rings (SSSR count). The van der Waals surface area contributed by atoms with Crippen LogP contribution in [0.3, 0.4) is 0 Å². The van der Waals surface area contributed by atoms with Crippen molar-refractivity contribution in [3.8, 4) is 5.75 Å². The quantitative estimate of drug-likeness (QED) is 0.817. The number of nitrogens with one attached hydrogen (secondary N) is 1. The van der Waals surface area contributed by atoms with Crippen molar-refractivity contribution >= 4 is 12.1 Å². The van der Waals surface area contributed by atoms with E-state index in [-0.39, 0.29) is 0 Å². The van der Waals surface area contributed by atoms with E-state index in [2.05, 4.69) is 5.32 Å². The molecule has 6 heteroatoms. The first-order chi connectivity index (χ1) is 11.7. The second kappa shape index (κ2) is 7.76. The lowest BCUT2D eigenvalue weighted by atomic mass is 9.85. The molecule has 1 aliphatic carbocycles. The van der Waals surface area contributed by atoms with Crippen LogP contribution in [-0.4, -0.2) is 35.9 Å². The molecule has 1 aliphatic rings. The standard InChI is InChI=1S/C19H27NO5/c1-19(2,3)25-18(23)20-15(17(22)24-4)11-12-9-10-16(21)14-8-6-5-7-13(12)14/h9-10,15,21H,5-8,11H2,1-4H3,(H,20,23)/t15-/m0/s1. The first kappa shape index (κ1) is 19.1. The Kier molecular flexibility index (Phi) is 5.93. The number of benzene rings is 1. The van der Waals surface area contributed by atoms with Gasteiger partial charge >= 0.3 is 12.1 Å². The number of phenolic OH excluding ortho intramolecular Hbond substituents is 1. The zero-order chi connectivity index (χ0) is 18.6. The molecule has 1 atom stereocenters. The fraction of sp³-hybridized carbons (Fsp3) is 0.579. The SMILES string of the molecule is COC(=O)[C@H](Cc1ccc(O)c2c1CCCC2)NC(=O)OC(C)(C)C. The Hall–Kier alpha value is -2.24. The van der Waals surface area contributed by atoms with Crippen LogP contribution < -0.4 is 5.32 Å². The van der Waals surface area contributed by atoms with Gasteiger partial charge in [-0.05, 0) is 69.2 Å². The van der Waals surface area contributed by atoms with E-state index in [4.69, 9.17) is 9.47 Å². The largest absolute Gasteiger partial charge is 0.508 e. The van der Waals surface area contributed by atoms with Gasteiger partial charge in [-0.3, -0.25) is 0 Å². The van der Waals surface area contributed by atoms with E-state index in [1.807, 2.05) is 6.07 Å². The van der Waals surface area contributed by atoms with Gasteiger partial charge in [0.2, 0.25) is 0 Å². The summed E-state index contributed by atoms with van der Waals surface area (Å²) in [6.45, 7) is 5.28. The molecule has 1 aromatic rings. The second-order valence-corrected chi connectivity index (χ2v) is 7.33. The normalized spacial score (nSPS) is 15.0. The zero-order valence-electron chi connectivity index (χ0n) is 15.3.